The maximum absolute atomic E-state index is 12.4. The first kappa shape index (κ1) is 15.2. The Morgan fingerprint density at radius 3 is 2.65 bits per heavy atom. The van der Waals surface area contributed by atoms with Gasteiger partial charge in [0.2, 0.25) is 0 Å². The monoisotopic (exact) mass is 329 g/mol. The second-order valence-corrected chi connectivity index (χ2v) is 6.40. The van der Waals surface area contributed by atoms with Crippen LogP contribution in [0.5, 0.6) is 5.75 Å². The Bertz CT molecular complexity index is 662. The molecule has 0 saturated carbocycles. The van der Waals surface area contributed by atoms with Gasteiger partial charge in [0, 0.05) is 16.3 Å². The summed E-state index contributed by atoms with van der Waals surface area (Å²) in [5, 5.41) is 0.924. The predicted octanol–water partition coefficient (Wildman–Crippen LogP) is 3.89. The first-order valence-electron chi connectivity index (χ1n) is 5.77. The van der Waals surface area contributed by atoms with Gasteiger partial charge in [0.05, 0.1) is 33.6 Å². The van der Waals surface area contributed by atoms with Gasteiger partial charge in [-0.25, -0.2) is 0 Å². The van der Waals surface area contributed by atoms with Gasteiger partial charge in [-0.15, -0.1) is 0 Å². The van der Waals surface area contributed by atoms with E-state index in [-0.39, 0.29) is 5.75 Å². The minimum Gasteiger partial charge on any atom is -0.496 e. The van der Waals surface area contributed by atoms with Gasteiger partial charge < -0.3 is 10.5 Å². The van der Waals surface area contributed by atoms with Crippen molar-refractivity contribution in [3.05, 3.63) is 52.0 Å². The minimum atomic E-state index is -1.33. The van der Waals surface area contributed by atoms with Crippen LogP contribution in [0.1, 0.15) is 5.56 Å². The topological polar surface area (TPSA) is 52.3 Å². The Balaban J connectivity index is 2.32. The van der Waals surface area contributed by atoms with Crippen LogP contribution in [0.25, 0.3) is 0 Å². The number of hydrogen-bond acceptors (Lipinski definition) is 3. The summed E-state index contributed by atoms with van der Waals surface area (Å²) in [4.78, 5) is 0.503. The average molecular weight is 330 g/mol. The molecule has 0 aliphatic heterocycles. The normalized spacial score (nSPS) is 12.2. The van der Waals surface area contributed by atoms with E-state index in [1.807, 2.05) is 0 Å². The maximum atomic E-state index is 12.4. The highest BCUT2D eigenvalue weighted by atomic mass is 35.5. The molecule has 0 aliphatic rings. The summed E-state index contributed by atoms with van der Waals surface area (Å²) >= 11 is 12.0. The molecule has 0 aromatic heterocycles. The van der Waals surface area contributed by atoms with E-state index < -0.39 is 10.8 Å². The fraction of sp³-hybridized carbons (Fsp3) is 0.143. The fourth-order valence-electron chi connectivity index (χ4n) is 1.78. The van der Waals surface area contributed by atoms with Crippen LogP contribution in [0, 0.1) is 0 Å². The second kappa shape index (κ2) is 6.48. The van der Waals surface area contributed by atoms with Crippen molar-refractivity contribution in [3.63, 3.8) is 0 Å². The molecule has 0 bridgehead atoms. The molecule has 2 N–H and O–H groups in total. The molecule has 0 amide bonds. The Morgan fingerprint density at radius 2 is 1.95 bits per heavy atom. The summed E-state index contributed by atoms with van der Waals surface area (Å²) in [5.74, 6) is 0.902. The van der Waals surface area contributed by atoms with E-state index in [4.69, 9.17) is 33.7 Å². The third kappa shape index (κ3) is 3.45. The number of methoxy groups -OCH3 is 1. The average Bonchev–Trinajstić information content (AvgIpc) is 2.41. The van der Waals surface area contributed by atoms with E-state index in [9.17, 15) is 4.21 Å². The van der Waals surface area contributed by atoms with Crippen LogP contribution in [0.15, 0.2) is 41.3 Å². The highest BCUT2D eigenvalue weighted by molar-refractivity contribution is 7.84. The third-order valence-corrected chi connectivity index (χ3v) is 4.81. The van der Waals surface area contributed by atoms with Crippen LogP contribution in [0.4, 0.5) is 5.69 Å². The van der Waals surface area contributed by atoms with E-state index in [0.717, 1.165) is 5.56 Å². The molecule has 2 aromatic carbocycles. The molecule has 1 unspecified atom stereocenters. The van der Waals surface area contributed by atoms with Crippen molar-refractivity contribution in [3.8, 4) is 5.75 Å². The summed E-state index contributed by atoms with van der Waals surface area (Å²) < 4.78 is 17.7. The highest BCUT2D eigenvalue weighted by Crippen LogP contribution is 2.28. The van der Waals surface area contributed by atoms with Crippen LogP contribution in [0.3, 0.4) is 0 Å². The molecule has 0 spiro atoms. The molecule has 1 atom stereocenters. The van der Waals surface area contributed by atoms with Gasteiger partial charge in [0.1, 0.15) is 5.75 Å². The van der Waals surface area contributed by atoms with E-state index in [1.165, 1.54) is 0 Å². The Kier molecular flexibility index (Phi) is 4.91. The maximum Gasteiger partial charge on any atom is 0.123 e. The van der Waals surface area contributed by atoms with Gasteiger partial charge in [0.25, 0.3) is 0 Å². The Morgan fingerprint density at radius 1 is 1.20 bits per heavy atom. The molecule has 0 radical (unpaired) electrons. The highest BCUT2D eigenvalue weighted by Gasteiger charge is 2.13. The van der Waals surface area contributed by atoms with Gasteiger partial charge in [-0.2, -0.15) is 0 Å². The third-order valence-electron chi connectivity index (χ3n) is 2.73. The fourth-order valence-corrected chi connectivity index (χ4v) is 3.60. The van der Waals surface area contributed by atoms with Crippen molar-refractivity contribution in [1.82, 2.24) is 0 Å². The Labute approximate surface area is 130 Å². The molecule has 0 heterocycles. The van der Waals surface area contributed by atoms with Gasteiger partial charge >= 0.3 is 0 Å². The lowest BCUT2D eigenvalue weighted by atomic mass is 10.2. The summed E-state index contributed by atoms with van der Waals surface area (Å²) in [7, 11) is 0.231. The molecule has 20 heavy (non-hydrogen) atoms. The van der Waals surface area contributed by atoms with Gasteiger partial charge in [-0.05, 0) is 36.4 Å². The summed E-state index contributed by atoms with van der Waals surface area (Å²) in [6.45, 7) is 0. The second-order valence-electron chi connectivity index (χ2n) is 4.14. The number of ether oxygens (including phenoxy) is 1. The molecule has 106 valence electrons. The molecule has 6 heteroatoms. The van der Waals surface area contributed by atoms with Crippen LogP contribution < -0.4 is 10.5 Å². The van der Waals surface area contributed by atoms with Gasteiger partial charge in [-0.3, -0.25) is 4.21 Å². The van der Waals surface area contributed by atoms with Crippen molar-refractivity contribution in [2.24, 2.45) is 0 Å². The largest absolute Gasteiger partial charge is 0.496 e. The van der Waals surface area contributed by atoms with Crippen molar-refractivity contribution >= 4 is 39.7 Å². The van der Waals surface area contributed by atoms with E-state index in [2.05, 4.69) is 0 Å². The van der Waals surface area contributed by atoms with E-state index >= 15 is 0 Å². The summed E-state index contributed by atoms with van der Waals surface area (Å²) in [5.41, 5.74) is 7.11. The summed E-state index contributed by atoms with van der Waals surface area (Å²) in [6.07, 6.45) is 0. The molecule has 3 nitrogen and oxygen atoms in total. The number of benzene rings is 2. The number of anilines is 1. The molecular formula is C14H13Cl2NO2S. The number of rotatable bonds is 4. The molecular weight excluding hydrogens is 317 g/mol. The van der Waals surface area contributed by atoms with Gasteiger partial charge in [-0.1, -0.05) is 23.2 Å². The molecule has 0 saturated heterocycles. The lowest BCUT2D eigenvalue weighted by molar-refractivity contribution is 0.411. The molecule has 2 aromatic rings. The van der Waals surface area contributed by atoms with Crippen LogP contribution >= 0.6 is 23.2 Å². The van der Waals surface area contributed by atoms with Crippen molar-refractivity contribution in [1.29, 1.82) is 0 Å². The van der Waals surface area contributed by atoms with Crippen LogP contribution in [-0.4, -0.2) is 11.3 Å². The smallest absolute Gasteiger partial charge is 0.123 e. The van der Waals surface area contributed by atoms with Crippen LogP contribution in [0.2, 0.25) is 10.0 Å². The molecule has 0 aliphatic carbocycles. The van der Waals surface area contributed by atoms with E-state index in [0.29, 0.717) is 26.4 Å². The number of nitrogen functional groups attached to an aromatic ring is 1. The van der Waals surface area contributed by atoms with Crippen LogP contribution in [-0.2, 0) is 16.6 Å². The number of halogens is 2. The lowest BCUT2D eigenvalue weighted by Crippen LogP contribution is -2.01. The zero-order valence-electron chi connectivity index (χ0n) is 10.7. The quantitative estimate of drug-likeness (QED) is 0.865. The standard InChI is InChI=1S/C14H13Cl2NO2S/c1-19-13-5-3-11(17)6-9(13)8-20(18)14-7-10(15)2-4-12(14)16/h2-7H,8,17H2,1H3. The zero-order valence-corrected chi connectivity index (χ0v) is 13.1. The van der Waals surface area contributed by atoms with Crippen molar-refractivity contribution in [2.75, 3.05) is 12.8 Å². The molecule has 2 rings (SSSR count). The predicted molar refractivity (Wildman–Crippen MR) is 84.0 cm³/mol. The van der Waals surface area contributed by atoms with Crippen molar-refractivity contribution in [2.45, 2.75) is 10.6 Å². The summed E-state index contributed by atoms with van der Waals surface area (Å²) in [6, 6.07) is 10.1. The SMILES string of the molecule is COc1ccc(N)cc1CS(=O)c1cc(Cl)ccc1Cl. The number of hydrogen-bond donors (Lipinski definition) is 1. The number of nitrogens with two attached hydrogens (primary N) is 1. The zero-order chi connectivity index (χ0) is 14.7. The van der Waals surface area contributed by atoms with Gasteiger partial charge in [0.15, 0.2) is 0 Å². The minimum absolute atomic E-state index is 0.258. The first-order chi connectivity index (χ1) is 9.51. The van der Waals surface area contributed by atoms with E-state index in [1.54, 1.807) is 43.5 Å². The lowest BCUT2D eigenvalue weighted by Gasteiger charge is -2.10. The Hall–Kier alpha value is -1.23. The van der Waals surface area contributed by atoms with Crippen molar-refractivity contribution < 1.29 is 8.95 Å². The molecule has 0 fully saturated rings. The first-order valence-corrected chi connectivity index (χ1v) is 7.84.